The molecule has 0 spiro atoms. The Labute approximate surface area is 162 Å². The molecule has 0 radical (unpaired) electrons. The lowest BCUT2D eigenvalue weighted by Crippen LogP contribution is -2.22. The van der Waals surface area contributed by atoms with Gasteiger partial charge in [-0.1, -0.05) is 42.5 Å². The molecule has 0 unspecified atom stereocenters. The summed E-state index contributed by atoms with van der Waals surface area (Å²) in [6, 6.07) is 17.5. The van der Waals surface area contributed by atoms with Gasteiger partial charge in [0.1, 0.15) is 5.75 Å². The molecular weight excluding hydrogens is 358 g/mol. The zero-order valence-electron chi connectivity index (χ0n) is 15.9. The van der Waals surface area contributed by atoms with Crippen molar-refractivity contribution in [1.82, 2.24) is 9.78 Å². The van der Waals surface area contributed by atoms with Crippen LogP contribution >= 0.6 is 0 Å². The van der Waals surface area contributed by atoms with Gasteiger partial charge in [-0.3, -0.25) is 9.48 Å². The number of nitrogens with zero attached hydrogens (tertiary/aromatic N) is 2. The first-order valence-corrected chi connectivity index (χ1v) is 8.69. The number of esters is 1. The Kier molecular flexibility index (Phi) is 5.74. The van der Waals surface area contributed by atoms with Crippen LogP contribution in [0.15, 0.2) is 54.6 Å². The molecule has 0 saturated heterocycles. The molecule has 7 nitrogen and oxygen atoms in total. The minimum Gasteiger partial charge on any atom is -0.484 e. The number of amides is 1. The molecule has 0 fully saturated rings. The molecule has 0 atom stereocenters. The second-order valence-corrected chi connectivity index (χ2v) is 6.15. The van der Waals surface area contributed by atoms with Gasteiger partial charge in [0.15, 0.2) is 12.3 Å². The summed E-state index contributed by atoms with van der Waals surface area (Å²) in [6.07, 6.45) is 0. The number of hydrogen-bond acceptors (Lipinski definition) is 5. The quantitative estimate of drug-likeness (QED) is 0.665. The molecule has 7 heteroatoms. The van der Waals surface area contributed by atoms with Crippen LogP contribution in [0.2, 0.25) is 0 Å². The summed E-state index contributed by atoms with van der Waals surface area (Å²) in [6.45, 7) is 1.55. The normalized spacial score (nSPS) is 10.4. The van der Waals surface area contributed by atoms with Crippen molar-refractivity contribution in [2.75, 3.05) is 19.0 Å². The van der Waals surface area contributed by atoms with Gasteiger partial charge in [-0.15, -0.1) is 0 Å². The van der Waals surface area contributed by atoms with Gasteiger partial charge >= 0.3 is 5.97 Å². The fourth-order valence-electron chi connectivity index (χ4n) is 2.70. The zero-order valence-corrected chi connectivity index (χ0v) is 15.9. The molecule has 1 N–H and O–H groups in total. The Morgan fingerprint density at radius 2 is 1.68 bits per heavy atom. The van der Waals surface area contributed by atoms with Gasteiger partial charge in [-0.25, -0.2) is 4.79 Å². The van der Waals surface area contributed by atoms with E-state index in [-0.39, 0.29) is 12.3 Å². The number of rotatable bonds is 6. The summed E-state index contributed by atoms with van der Waals surface area (Å²) in [4.78, 5) is 24.1. The molecule has 2 aromatic carbocycles. The van der Waals surface area contributed by atoms with Crippen molar-refractivity contribution < 1.29 is 19.1 Å². The predicted octanol–water partition coefficient (Wildman–Crippen LogP) is 3.20. The maximum absolute atomic E-state index is 12.3. The van der Waals surface area contributed by atoms with Crippen molar-refractivity contribution in [3.05, 3.63) is 66.0 Å². The minimum absolute atomic E-state index is 0.0584. The van der Waals surface area contributed by atoms with E-state index in [2.05, 4.69) is 10.4 Å². The first-order valence-electron chi connectivity index (χ1n) is 8.69. The van der Waals surface area contributed by atoms with Crippen LogP contribution in [0.5, 0.6) is 5.75 Å². The molecule has 0 bridgehead atoms. The lowest BCUT2D eigenvalue weighted by atomic mass is 10.1. The zero-order chi connectivity index (χ0) is 20.1. The highest BCUT2D eigenvalue weighted by atomic mass is 16.5. The van der Waals surface area contributed by atoms with Crippen LogP contribution in [0.25, 0.3) is 11.1 Å². The second-order valence-electron chi connectivity index (χ2n) is 6.15. The highest BCUT2D eigenvalue weighted by Gasteiger charge is 2.22. The van der Waals surface area contributed by atoms with Gasteiger partial charge < -0.3 is 14.8 Å². The van der Waals surface area contributed by atoms with E-state index in [1.54, 1.807) is 14.0 Å². The second kappa shape index (κ2) is 8.39. The van der Waals surface area contributed by atoms with E-state index < -0.39 is 11.9 Å². The van der Waals surface area contributed by atoms with E-state index in [0.717, 1.165) is 11.1 Å². The van der Waals surface area contributed by atoms with Gasteiger partial charge in [0.2, 0.25) is 0 Å². The molecule has 144 valence electrons. The molecule has 0 saturated carbocycles. The largest absolute Gasteiger partial charge is 0.484 e. The number of nitrogens with one attached hydrogen (secondary N) is 1. The lowest BCUT2D eigenvalue weighted by molar-refractivity contribution is -0.118. The molecular formula is C21H21N3O4. The van der Waals surface area contributed by atoms with Crippen LogP contribution in [-0.4, -0.2) is 35.4 Å². The van der Waals surface area contributed by atoms with Crippen molar-refractivity contribution in [3.8, 4) is 16.9 Å². The number of hydrogen-bond donors (Lipinski definition) is 1. The van der Waals surface area contributed by atoms with Crippen LogP contribution in [-0.2, 0) is 16.6 Å². The molecule has 0 aliphatic heterocycles. The molecule has 1 amide bonds. The summed E-state index contributed by atoms with van der Waals surface area (Å²) >= 11 is 0. The maximum Gasteiger partial charge on any atom is 0.360 e. The smallest absolute Gasteiger partial charge is 0.360 e. The maximum atomic E-state index is 12.3. The molecule has 28 heavy (non-hydrogen) atoms. The van der Waals surface area contributed by atoms with Crippen molar-refractivity contribution >= 4 is 17.6 Å². The van der Waals surface area contributed by atoms with Crippen LogP contribution < -0.4 is 10.1 Å². The fraction of sp³-hybridized carbons (Fsp3) is 0.190. The van der Waals surface area contributed by atoms with Gasteiger partial charge in [0, 0.05) is 7.05 Å². The molecule has 1 heterocycles. The predicted molar refractivity (Wildman–Crippen MR) is 105 cm³/mol. The number of aromatic nitrogens is 2. The monoisotopic (exact) mass is 379 g/mol. The lowest BCUT2D eigenvalue weighted by Gasteiger charge is -2.09. The Balaban J connectivity index is 1.63. The summed E-state index contributed by atoms with van der Waals surface area (Å²) in [5.74, 6) is -0.435. The Morgan fingerprint density at radius 1 is 1.04 bits per heavy atom. The number of carbonyl (C=O) groups is 2. The van der Waals surface area contributed by atoms with E-state index in [0.29, 0.717) is 17.1 Å². The van der Waals surface area contributed by atoms with Crippen LogP contribution in [0.3, 0.4) is 0 Å². The first kappa shape index (κ1) is 19.2. The third-order valence-electron chi connectivity index (χ3n) is 4.31. The first-order chi connectivity index (χ1) is 13.5. The Hall–Kier alpha value is -3.61. The van der Waals surface area contributed by atoms with Crippen molar-refractivity contribution in [2.24, 2.45) is 7.05 Å². The number of aryl methyl sites for hydroxylation is 1. The summed E-state index contributed by atoms with van der Waals surface area (Å²) in [5.41, 5.74) is 3.19. The van der Waals surface area contributed by atoms with Crippen molar-refractivity contribution in [3.63, 3.8) is 0 Å². The van der Waals surface area contributed by atoms with Crippen LogP contribution in [0.4, 0.5) is 5.69 Å². The van der Waals surface area contributed by atoms with Crippen molar-refractivity contribution in [2.45, 2.75) is 6.92 Å². The highest BCUT2D eigenvalue weighted by molar-refractivity contribution is 6.01. The van der Waals surface area contributed by atoms with Gasteiger partial charge in [-0.2, -0.15) is 5.10 Å². The Morgan fingerprint density at radius 3 is 2.32 bits per heavy atom. The third-order valence-corrected chi connectivity index (χ3v) is 4.31. The number of benzene rings is 2. The standard InChI is InChI=1S/C21H21N3O4/c1-14-19(20(21(26)27-3)23-24(14)2)22-18(25)13-28-17-11-9-16(10-12-17)15-7-5-4-6-8-15/h4-12H,13H2,1-3H3,(H,22,25). The minimum atomic E-state index is -0.614. The molecule has 3 aromatic rings. The van der Waals surface area contributed by atoms with Gasteiger partial charge in [0.25, 0.3) is 5.91 Å². The Bertz CT molecular complexity index is 979. The van der Waals surface area contributed by atoms with E-state index >= 15 is 0 Å². The molecule has 0 aliphatic rings. The van der Waals surface area contributed by atoms with Crippen LogP contribution in [0, 0.1) is 6.92 Å². The average Bonchev–Trinajstić information content (AvgIpc) is 3.01. The van der Waals surface area contributed by atoms with Crippen LogP contribution in [0.1, 0.15) is 16.2 Å². The fourth-order valence-corrected chi connectivity index (χ4v) is 2.70. The number of anilines is 1. The molecule has 1 aromatic heterocycles. The van der Waals surface area contributed by atoms with E-state index in [1.165, 1.54) is 11.8 Å². The van der Waals surface area contributed by atoms with E-state index in [1.807, 2.05) is 54.6 Å². The SMILES string of the molecule is COC(=O)c1nn(C)c(C)c1NC(=O)COc1ccc(-c2ccccc2)cc1. The summed E-state index contributed by atoms with van der Waals surface area (Å²) in [5, 5.41) is 6.75. The summed E-state index contributed by atoms with van der Waals surface area (Å²) in [7, 11) is 2.95. The van der Waals surface area contributed by atoms with Gasteiger partial charge in [-0.05, 0) is 30.2 Å². The van der Waals surface area contributed by atoms with E-state index in [4.69, 9.17) is 9.47 Å². The average molecular weight is 379 g/mol. The number of methoxy groups -OCH3 is 1. The number of ether oxygens (including phenoxy) is 2. The molecule has 0 aliphatic carbocycles. The van der Waals surface area contributed by atoms with E-state index in [9.17, 15) is 9.59 Å². The van der Waals surface area contributed by atoms with Crippen molar-refractivity contribution in [1.29, 1.82) is 0 Å². The number of carbonyl (C=O) groups excluding carboxylic acids is 2. The molecule has 3 rings (SSSR count). The summed E-state index contributed by atoms with van der Waals surface area (Å²) < 4.78 is 11.8. The van der Waals surface area contributed by atoms with Gasteiger partial charge in [0.05, 0.1) is 18.5 Å². The third kappa shape index (κ3) is 4.20. The highest BCUT2D eigenvalue weighted by Crippen LogP contribution is 2.23. The topological polar surface area (TPSA) is 82.5 Å².